The molecule has 0 spiro atoms. The molecule has 1 heterocycles. The number of aryl methyl sites for hydroxylation is 3. The van der Waals surface area contributed by atoms with Crippen molar-refractivity contribution in [3.05, 3.63) is 27.8 Å². The molecule has 2 rings (SSSR count). The molecule has 0 saturated carbocycles. The lowest BCUT2D eigenvalue weighted by Gasteiger charge is -2.17. The maximum absolute atomic E-state index is 12.2. The van der Waals surface area contributed by atoms with Gasteiger partial charge in [-0.2, -0.15) is 4.98 Å². The highest BCUT2D eigenvalue weighted by molar-refractivity contribution is 5.89. The average Bonchev–Trinajstić information content (AvgIpc) is 2.53. The molecule has 0 unspecified atom stereocenters. The van der Waals surface area contributed by atoms with Crippen molar-refractivity contribution in [3.8, 4) is 11.5 Å². The van der Waals surface area contributed by atoms with Crippen molar-refractivity contribution >= 4 is 16.9 Å². The number of methoxy groups -OCH3 is 3. The maximum atomic E-state index is 12.2. The molecular weight excluding hydrogens is 300 g/mol. The number of rotatable bonds is 5. The van der Waals surface area contributed by atoms with Crippen LogP contribution in [0, 0.1) is 13.8 Å². The van der Waals surface area contributed by atoms with E-state index in [1.54, 1.807) is 20.1 Å². The average molecular weight is 320 g/mol. The van der Waals surface area contributed by atoms with Crippen LogP contribution in [0.25, 0.3) is 10.9 Å². The monoisotopic (exact) mass is 320 g/mol. The molecule has 0 aliphatic carbocycles. The summed E-state index contributed by atoms with van der Waals surface area (Å²) < 4.78 is 16.8. The van der Waals surface area contributed by atoms with Crippen molar-refractivity contribution < 1.29 is 19.0 Å². The van der Waals surface area contributed by atoms with Gasteiger partial charge in [0, 0.05) is 23.6 Å². The van der Waals surface area contributed by atoms with Gasteiger partial charge in [-0.05, 0) is 13.8 Å². The van der Waals surface area contributed by atoms with E-state index in [0.717, 1.165) is 10.9 Å². The standard InChI is InChI=1S/C16H20N2O5/c1-9-14-10(2)17-16(20)18(7-6-13(19)22-4)11(14)8-12(21-3)15(9)23-5/h8H,6-7H2,1-5H3. The van der Waals surface area contributed by atoms with Gasteiger partial charge in [0.1, 0.15) is 0 Å². The number of fused-ring (bicyclic) bond motifs is 1. The van der Waals surface area contributed by atoms with E-state index in [0.29, 0.717) is 22.7 Å². The molecule has 124 valence electrons. The topological polar surface area (TPSA) is 79.7 Å². The molecule has 1 aromatic carbocycles. The minimum Gasteiger partial charge on any atom is -0.493 e. The molecule has 0 N–H and O–H groups in total. The highest BCUT2D eigenvalue weighted by Gasteiger charge is 2.18. The summed E-state index contributed by atoms with van der Waals surface area (Å²) in [6.45, 7) is 3.84. The summed E-state index contributed by atoms with van der Waals surface area (Å²) in [6, 6.07) is 1.73. The second kappa shape index (κ2) is 6.68. The van der Waals surface area contributed by atoms with Crippen LogP contribution < -0.4 is 15.2 Å². The maximum Gasteiger partial charge on any atom is 0.348 e. The lowest BCUT2D eigenvalue weighted by molar-refractivity contribution is -0.140. The van der Waals surface area contributed by atoms with Crippen LogP contribution in [0.5, 0.6) is 11.5 Å². The Morgan fingerprint density at radius 1 is 1.22 bits per heavy atom. The van der Waals surface area contributed by atoms with E-state index in [1.165, 1.54) is 18.8 Å². The van der Waals surface area contributed by atoms with Crippen molar-refractivity contribution in [1.29, 1.82) is 0 Å². The van der Waals surface area contributed by atoms with Crippen LogP contribution in [0.3, 0.4) is 0 Å². The van der Waals surface area contributed by atoms with E-state index in [-0.39, 0.29) is 18.9 Å². The number of carbonyl (C=O) groups is 1. The molecule has 0 saturated heterocycles. The Kier molecular flexibility index (Phi) is 4.88. The summed E-state index contributed by atoms with van der Waals surface area (Å²) in [5.41, 5.74) is 1.68. The number of nitrogens with zero attached hydrogens (tertiary/aromatic N) is 2. The molecule has 0 aliphatic rings. The molecule has 0 aliphatic heterocycles. The van der Waals surface area contributed by atoms with Gasteiger partial charge in [-0.15, -0.1) is 0 Å². The minimum absolute atomic E-state index is 0.0869. The molecule has 7 nitrogen and oxygen atoms in total. The van der Waals surface area contributed by atoms with E-state index in [2.05, 4.69) is 9.72 Å². The minimum atomic E-state index is -0.412. The fourth-order valence-electron chi connectivity index (χ4n) is 2.71. The van der Waals surface area contributed by atoms with Gasteiger partial charge in [0.2, 0.25) is 0 Å². The van der Waals surface area contributed by atoms with Crippen molar-refractivity contribution in [1.82, 2.24) is 9.55 Å². The van der Waals surface area contributed by atoms with Crippen LogP contribution in [-0.2, 0) is 16.1 Å². The number of aromatic nitrogens is 2. The van der Waals surface area contributed by atoms with Gasteiger partial charge in [-0.3, -0.25) is 9.36 Å². The third-order valence-electron chi connectivity index (χ3n) is 3.80. The molecule has 2 aromatic rings. The summed E-state index contributed by atoms with van der Waals surface area (Å²) in [6.07, 6.45) is 0.0869. The number of esters is 1. The zero-order chi connectivity index (χ0) is 17.1. The predicted molar refractivity (Wildman–Crippen MR) is 85.2 cm³/mol. The lowest BCUT2D eigenvalue weighted by Crippen LogP contribution is -2.26. The van der Waals surface area contributed by atoms with Crippen molar-refractivity contribution in [2.75, 3.05) is 21.3 Å². The highest BCUT2D eigenvalue weighted by Crippen LogP contribution is 2.37. The Balaban J connectivity index is 2.75. The third kappa shape index (κ3) is 2.99. The van der Waals surface area contributed by atoms with Crippen LogP contribution >= 0.6 is 0 Å². The van der Waals surface area contributed by atoms with Crippen LogP contribution in [0.15, 0.2) is 10.9 Å². The van der Waals surface area contributed by atoms with Crippen molar-refractivity contribution in [2.45, 2.75) is 26.8 Å². The SMILES string of the molecule is COC(=O)CCn1c(=O)nc(C)c2c(C)c(OC)c(OC)cc21. The van der Waals surface area contributed by atoms with Gasteiger partial charge in [0.15, 0.2) is 11.5 Å². The van der Waals surface area contributed by atoms with Gasteiger partial charge in [0.05, 0.1) is 39.0 Å². The van der Waals surface area contributed by atoms with Gasteiger partial charge in [-0.1, -0.05) is 0 Å². The van der Waals surface area contributed by atoms with E-state index >= 15 is 0 Å². The Morgan fingerprint density at radius 3 is 2.48 bits per heavy atom. The molecule has 0 bridgehead atoms. The fraction of sp³-hybridized carbons (Fsp3) is 0.438. The summed E-state index contributed by atoms with van der Waals surface area (Å²) >= 11 is 0. The lowest BCUT2D eigenvalue weighted by atomic mass is 10.1. The molecule has 7 heteroatoms. The number of ether oxygens (including phenoxy) is 3. The largest absolute Gasteiger partial charge is 0.493 e. The van der Waals surface area contributed by atoms with Crippen molar-refractivity contribution in [3.63, 3.8) is 0 Å². The smallest absolute Gasteiger partial charge is 0.348 e. The summed E-state index contributed by atoms with van der Waals surface area (Å²) in [7, 11) is 4.41. The number of hydrogen-bond donors (Lipinski definition) is 0. The van der Waals surface area contributed by atoms with Gasteiger partial charge < -0.3 is 14.2 Å². The van der Waals surface area contributed by atoms with Gasteiger partial charge >= 0.3 is 11.7 Å². The summed E-state index contributed by atoms with van der Waals surface area (Å²) in [4.78, 5) is 27.7. The second-order valence-corrected chi connectivity index (χ2v) is 5.09. The molecular formula is C16H20N2O5. The first-order chi connectivity index (χ1) is 10.9. The van der Waals surface area contributed by atoms with Gasteiger partial charge in [0.25, 0.3) is 0 Å². The Hall–Kier alpha value is -2.57. The fourth-order valence-corrected chi connectivity index (χ4v) is 2.71. The molecule has 0 radical (unpaired) electrons. The third-order valence-corrected chi connectivity index (χ3v) is 3.80. The van der Waals surface area contributed by atoms with Crippen LogP contribution in [-0.4, -0.2) is 36.8 Å². The van der Waals surface area contributed by atoms with Crippen molar-refractivity contribution in [2.24, 2.45) is 0 Å². The number of carbonyl (C=O) groups excluding carboxylic acids is 1. The first-order valence-electron chi connectivity index (χ1n) is 7.14. The van der Waals surface area contributed by atoms with E-state index in [4.69, 9.17) is 9.47 Å². The molecule has 23 heavy (non-hydrogen) atoms. The Morgan fingerprint density at radius 2 is 1.91 bits per heavy atom. The Bertz CT molecular complexity index is 810. The molecule has 0 amide bonds. The normalized spacial score (nSPS) is 10.7. The zero-order valence-electron chi connectivity index (χ0n) is 13.9. The van der Waals surface area contributed by atoms with Crippen LogP contribution in [0.2, 0.25) is 0 Å². The predicted octanol–water partition coefficient (Wildman–Crippen LogP) is 1.59. The van der Waals surface area contributed by atoms with E-state index < -0.39 is 5.69 Å². The zero-order valence-corrected chi connectivity index (χ0v) is 13.9. The first-order valence-corrected chi connectivity index (χ1v) is 7.14. The van der Waals surface area contributed by atoms with E-state index in [9.17, 15) is 9.59 Å². The number of hydrogen-bond acceptors (Lipinski definition) is 6. The molecule has 1 aromatic heterocycles. The van der Waals surface area contributed by atoms with Gasteiger partial charge in [-0.25, -0.2) is 4.79 Å². The second-order valence-electron chi connectivity index (χ2n) is 5.09. The van der Waals surface area contributed by atoms with E-state index in [1.807, 2.05) is 6.92 Å². The quantitative estimate of drug-likeness (QED) is 0.779. The summed E-state index contributed by atoms with van der Waals surface area (Å²) in [5.74, 6) is 0.736. The molecule has 0 fully saturated rings. The van der Waals surface area contributed by atoms with Crippen LogP contribution in [0.1, 0.15) is 17.7 Å². The first kappa shape index (κ1) is 16.8. The number of benzene rings is 1. The molecule has 0 atom stereocenters. The Labute approximate surface area is 133 Å². The highest BCUT2D eigenvalue weighted by atomic mass is 16.5. The van der Waals surface area contributed by atoms with Crippen LogP contribution in [0.4, 0.5) is 0 Å². The summed E-state index contributed by atoms with van der Waals surface area (Å²) in [5, 5.41) is 0.812.